The van der Waals surface area contributed by atoms with Crippen molar-refractivity contribution in [3.8, 4) is 0 Å². The van der Waals surface area contributed by atoms with Gasteiger partial charge in [-0.3, -0.25) is 9.59 Å². The van der Waals surface area contributed by atoms with Crippen LogP contribution >= 0.6 is 0 Å². The van der Waals surface area contributed by atoms with Gasteiger partial charge in [0.15, 0.2) is 0 Å². The Labute approximate surface area is 136 Å². The average Bonchev–Trinajstić information content (AvgIpc) is 3.09. The molecule has 1 N–H and O–H groups in total. The van der Waals surface area contributed by atoms with Gasteiger partial charge < -0.3 is 14.6 Å². The van der Waals surface area contributed by atoms with Crippen molar-refractivity contribution in [2.24, 2.45) is 0 Å². The number of hydrogen-bond donors (Lipinski definition) is 1. The molecule has 1 aromatic heterocycles. The van der Waals surface area contributed by atoms with Crippen LogP contribution in [0, 0.1) is 0 Å². The molecule has 2 rings (SSSR count). The first-order valence-corrected chi connectivity index (χ1v) is 7.82. The molecule has 122 valence electrons. The van der Waals surface area contributed by atoms with E-state index in [1.807, 2.05) is 30.3 Å². The van der Waals surface area contributed by atoms with Crippen LogP contribution in [0.25, 0.3) is 0 Å². The van der Waals surface area contributed by atoms with Crippen molar-refractivity contribution >= 4 is 11.8 Å². The van der Waals surface area contributed by atoms with Crippen molar-refractivity contribution in [3.05, 3.63) is 60.1 Å². The summed E-state index contributed by atoms with van der Waals surface area (Å²) in [7, 11) is 0. The molecule has 1 heterocycles. The Bertz CT molecular complexity index is 608. The van der Waals surface area contributed by atoms with Crippen LogP contribution in [0.4, 0.5) is 0 Å². The van der Waals surface area contributed by atoms with E-state index < -0.39 is 0 Å². The molecule has 0 radical (unpaired) electrons. The number of carbonyl (C=O) groups excluding carboxylic acids is 2. The quantitative estimate of drug-likeness (QED) is 0.762. The van der Waals surface area contributed by atoms with E-state index in [-0.39, 0.29) is 18.4 Å². The fourth-order valence-electron chi connectivity index (χ4n) is 2.21. The van der Waals surface area contributed by atoms with Crippen LogP contribution in [0.1, 0.15) is 35.7 Å². The molecule has 0 aliphatic rings. The lowest BCUT2D eigenvalue weighted by atomic mass is 10.2. The van der Waals surface area contributed by atoms with Gasteiger partial charge in [0.2, 0.25) is 5.91 Å². The van der Waals surface area contributed by atoms with Crippen LogP contribution < -0.4 is 5.32 Å². The molecule has 23 heavy (non-hydrogen) atoms. The predicted molar refractivity (Wildman–Crippen MR) is 87.8 cm³/mol. The standard InChI is InChI=1S/C18H22N2O3/c1-2-3-10-19-17(21)13-20(12-15-7-5-4-6-8-15)18(22)16-9-11-23-14-16/h4-9,11,14H,2-3,10,12-13H2,1H3,(H,19,21). The van der Waals surface area contributed by atoms with E-state index in [4.69, 9.17) is 4.42 Å². The molecular weight excluding hydrogens is 292 g/mol. The molecule has 2 amide bonds. The first-order valence-electron chi connectivity index (χ1n) is 7.82. The number of unbranched alkanes of at least 4 members (excludes halogenated alkanes) is 1. The minimum absolute atomic E-state index is 0.0304. The second-order valence-electron chi connectivity index (χ2n) is 5.36. The Hall–Kier alpha value is -2.56. The Morgan fingerprint density at radius 3 is 2.61 bits per heavy atom. The summed E-state index contributed by atoms with van der Waals surface area (Å²) in [6, 6.07) is 11.2. The number of furan rings is 1. The maximum Gasteiger partial charge on any atom is 0.257 e. The summed E-state index contributed by atoms with van der Waals surface area (Å²) in [5, 5.41) is 2.84. The fourth-order valence-corrected chi connectivity index (χ4v) is 2.21. The summed E-state index contributed by atoms with van der Waals surface area (Å²) in [5.74, 6) is -0.362. The van der Waals surface area contributed by atoms with Gasteiger partial charge in [0, 0.05) is 13.1 Å². The largest absolute Gasteiger partial charge is 0.472 e. The molecule has 0 atom stereocenters. The predicted octanol–water partition coefficient (Wildman–Crippen LogP) is 2.84. The highest BCUT2D eigenvalue weighted by Crippen LogP contribution is 2.10. The zero-order valence-corrected chi connectivity index (χ0v) is 13.3. The lowest BCUT2D eigenvalue weighted by molar-refractivity contribution is -0.121. The summed E-state index contributed by atoms with van der Waals surface area (Å²) in [6.07, 6.45) is 4.80. The smallest absolute Gasteiger partial charge is 0.257 e. The molecule has 0 aliphatic carbocycles. The van der Waals surface area contributed by atoms with Crippen LogP contribution in [0.3, 0.4) is 0 Å². The molecule has 0 spiro atoms. The maximum atomic E-state index is 12.6. The van der Waals surface area contributed by atoms with E-state index in [0.29, 0.717) is 18.7 Å². The molecule has 0 saturated heterocycles. The van der Waals surface area contributed by atoms with Gasteiger partial charge in [0.25, 0.3) is 5.91 Å². The molecule has 2 aromatic rings. The van der Waals surface area contributed by atoms with Gasteiger partial charge in [-0.25, -0.2) is 0 Å². The van der Waals surface area contributed by atoms with Crippen molar-refractivity contribution < 1.29 is 14.0 Å². The zero-order chi connectivity index (χ0) is 16.5. The lowest BCUT2D eigenvalue weighted by Gasteiger charge is -2.22. The molecule has 5 nitrogen and oxygen atoms in total. The number of amides is 2. The third-order valence-corrected chi connectivity index (χ3v) is 3.46. The topological polar surface area (TPSA) is 62.6 Å². The van der Waals surface area contributed by atoms with Gasteiger partial charge in [-0.2, -0.15) is 0 Å². The van der Waals surface area contributed by atoms with Gasteiger partial charge in [-0.05, 0) is 18.1 Å². The van der Waals surface area contributed by atoms with E-state index in [0.717, 1.165) is 18.4 Å². The van der Waals surface area contributed by atoms with Crippen LogP contribution in [-0.4, -0.2) is 29.8 Å². The van der Waals surface area contributed by atoms with Crippen LogP contribution in [0.15, 0.2) is 53.3 Å². The van der Waals surface area contributed by atoms with Crippen LogP contribution in [0.5, 0.6) is 0 Å². The second-order valence-corrected chi connectivity index (χ2v) is 5.36. The van der Waals surface area contributed by atoms with Gasteiger partial charge in [0.05, 0.1) is 11.8 Å². The van der Waals surface area contributed by atoms with E-state index in [9.17, 15) is 9.59 Å². The molecule has 1 aromatic carbocycles. The lowest BCUT2D eigenvalue weighted by Crippen LogP contribution is -2.40. The van der Waals surface area contributed by atoms with Crippen molar-refractivity contribution in [2.75, 3.05) is 13.1 Å². The highest BCUT2D eigenvalue weighted by molar-refractivity contribution is 5.96. The van der Waals surface area contributed by atoms with Crippen molar-refractivity contribution in [1.82, 2.24) is 10.2 Å². The summed E-state index contributed by atoms with van der Waals surface area (Å²) in [6.45, 7) is 3.11. The Kier molecular flexibility index (Phi) is 6.41. The monoisotopic (exact) mass is 314 g/mol. The highest BCUT2D eigenvalue weighted by atomic mass is 16.3. The molecular formula is C18H22N2O3. The molecule has 0 saturated carbocycles. The third kappa shape index (κ3) is 5.29. The molecule has 0 aliphatic heterocycles. The van der Waals surface area contributed by atoms with Crippen molar-refractivity contribution in [2.45, 2.75) is 26.3 Å². The second kappa shape index (κ2) is 8.78. The molecule has 0 unspecified atom stereocenters. The summed E-state index contributed by atoms with van der Waals surface area (Å²) in [4.78, 5) is 26.2. The Morgan fingerprint density at radius 1 is 1.17 bits per heavy atom. The first-order chi connectivity index (χ1) is 11.2. The molecule has 5 heteroatoms. The minimum atomic E-state index is -0.215. The third-order valence-electron chi connectivity index (χ3n) is 3.46. The van der Waals surface area contributed by atoms with E-state index in [1.54, 1.807) is 6.07 Å². The van der Waals surface area contributed by atoms with E-state index >= 15 is 0 Å². The average molecular weight is 314 g/mol. The number of hydrogen-bond acceptors (Lipinski definition) is 3. The number of carbonyl (C=O) groups is 2. The summed E-state index contributed by atoms with van der Waals surface area (Å²) >= 11 is 0. The normalized spacial score (nSPS) is 10.3. The Balaban J connectivity index is 2.05. The maximum absolute atomic E-state index is 12.6. The summed E-state index contributed by atoms with van der Waals surface area (Å²) in [5.41, 5.74) is 1.42. The van der Waals surface area contributed by atoms with Gasteiger partial charge in [-0.1, -0.05) is 43.7 Å². The number of rotatable bonds is 8. The van der Waals surface area contributed by atoms with Crippen molar-refractivity contribution in [3.63, 3.8) is 0 Å². The number of nitrogens with zero attached hydrogens (tertiary/aromatic N) is 1. The first kappa shape index (κ1) is 16.8. The zero-order valence-electron chi connectivity index (χ0n) is 13.3. The van der Waals surface area contributed by atoms with E-state index in [2.05, 4.69) is 12.2 Å². The molecule has 0 bridgehead atoms. The summed E-state index contributed by atoms with van der Waals surface area (Å²) < 4.78 is 4.97. The van der Waals surface area contributed by atoms with Crippen LogP contribution in [0.2, 0.25) is 0 Å². The number of benzene rings is 1. The molecule has 0 fully saturated rings. The number of nitrogens with one attached hydrogen (secondary N) is 1. The Morgan fingerprint density at radius 2 is 1.96 bits per heavy atom. The van der Waals surface area contributed by atoms with E-state index in [1.165, 1.54) is 17.4 Å². The highest BCUT2D eigenvalue weighted by Gasteiger charge is 2.20. The minimum Gasteiger partial charge on any atom is -0.472 e. The van der Waals surface area contributed by atoms with Gasteiger partial charge >= 0.3 is 0 Å². The van der Waals surface area contributed by atoms with Crippen LogP contribution in [-0.2, 0) is 11.3 Å². The fraction of sp³-hybridized carbons (Fsp3) is 0.333. The van der Waals surface area contributed by atoms with Gasteiger partial charge in [-0.15, -0.1) is 0 Å². The van der Waals surface area contributed by atoms with Crippen molar-refractivity contribution in [1.29, 1.82) is 0 Å². The SMILES string of the molecule is CCCCNC(=O)CN(Cc1ccccc1)C(=O)c1ccoc1. The van der Waals surface area contributed by atoms with Gasteiger partial charge in [0.1, 0.15) is 12.8 Å².